The minimum absolute atomic E-state index is 0.321. The number of hydrogen-bond donors (Lipinski definition) is 1. The van der Waals surface area contributed by atoms with Gasteiger partial charge in [-0.1, -0.05) is 6.07 Å². The van der Waals surface area contributed by atoms with Crippen molar-refractivity contribution >= 4 is 12.1 Å². The number of aromatic nitrogens is 2. The molecule has 1 amide bonds. The fourth-order valence-electron chi connectivity index (χ4n) is 1.47. The summed E-state index contributed by atoms with van der Waals surface area (Å²) in [4.78, 5) is 15.6. The van der Waals surface area contributed by atoms with Crippen LogP contribution in [0, 0.1) is 6.92 Å². The van der Waals surface area contributed by atoms with Crippen molar-refractivity contribution in [3.8, 4) is 0 Å². The molecule has 2 rings (SSSR count). The zero-order valence-corrected chi connectivity index (χ0v) is 10.3. The van der Waals surface area contributed by atoms with Crippen molar-refractivity contribution in [1.82, 2.24) is 15.0 Å². The average molecular weight is 242 g/mol. The summed E-state index contributed by atoms with van der Waals surface area (Å²) in [6, 6.07) is 9.07. The topological polar surface area (TPSA) is 59.3 Å². The average Bonchev–Trinajstić information content (AvgIpc) is 2.71. The van der Waals surface area contributed by atoms with Gasteiger partial charge in [0.2, 0.25) is 0 Å². The van der Waals surface area contributed by atoms with E-state index in [9.17, 15) is 4.79 Å². The second-order valence-corrected chi connectivity index (χ2v) is 3.87. The largest absolute Gasteiger partial charge is 0.347 e. The number of rotatable bonds is 3. The van der Waals surface area contributed by atoms with E-state index >= 15 is 0 Å². The lowest BCUT2D eigenvalue weighted by Crippen LogP contribution is -2.18. The molecule has 0 aliphatic rings. The highest BCUT2D eigenvalue weighted by atomic mass is 16.2. The Labute approximate surface area is 105 Å². The smallest absolute Gasteiger partial charge is 0.289 e. The zero-order chi connectivity index (χ0) is 13.0. The lowest BCUT2D eigenvalue weighted by Gasteiger charge is -2.00. The molecule has 0 atom stereocenters. The van der Waals surface area contributed by atoms with Crippen LogP contribution >= 0.6 is 0 Å². The van der Waals surface area contributed by atoms with Crippen LogP contribution in [0.1, 0.15) is 21.9 Å². The number of pyridine rings is 1. The van der Waals surface area contributed by atoms with Crippen molar-refractivity contribution in [2.45, 2.75) is 6.92 Å². The summed E-state index contributed by atoms with van der Waals surface area (Å²) >= 11 is 0. The Hall–Kier alpha value is -2.43. The standard InChI is InChI=1S/C13H14N4O/c1-10-6-7-11(17(10)2)9-15-16-13(18)12-5-3-4-8-14-12/h3-9H,1-2H3,(H,16,18)/b15-9+. The van der Waals surface area contributed by atoms with Gasteiger partial charge in [-0.15, -0.1) is 0 Å². The maximum atomic E-state index is 11.6. The fourth-order valence-corrected chi connectivity index (χ4v) is 1.47. The quantitative estimate of drug-likeness (QED) is 0.655. The molecular formula is C13H14N4O. The highest BCUT2D eigenvalue weighted by Gasteiger charge is 2.03. The van der Waals surface area contributed by atoms with Crippen LogP contribution in [0.3, 0.4) is 0 Å². The fraction of sp³-hybridized carbons (Fsp3) is 0.154. The molecule has 0 unspecified atom stereocenters. The number of carbonyl (C=O) groups is 1. The summed E-state index contributed by atoms with van der Waals surface area (Å²) in [5.41, 5.74) is 4.84. The molecule has 0 aromatic carbocycles. The molecule has 0 saturated heterocycles. The number of carbonyl (C=O) groups excluding carboxylic acids is 1. The van der Waals surface area contributed by atoms with E-state index in [1.165, 1.54) is 0 Å². The lowest BCUT2D eigenvalue weighted by atomic mass is 10.3. The van der Waals surface area contributed by atoms with Crippen molar-refractivity contribution in [3.63, 3.8) is 0 Å². The van der Waals surface area contributed by atoms with Crippen molar-refractivity contribution in [2.24, 2.45) is 12.1 Å². The zero-order valence-electron chi connectivity index (χ0n) is 10.3. The molecular weight excluding hydrogens is 228 g/mol. The van der Waals surface area contributed by atoms with Gasteiger partial charge >= 0.3 is 0 Å². The Morgan fingerprint density at radius 1 is 1.39 bits per heavy atom. The van der Waals surface area contributed by atoms with Gasteiger partial charge in [0.25, 0.3) is 5.91 Å². The maximum absolute atomic E-state index is 11.6. The SMILES string of the molecule is Cc1ccc(/C=N/NC(=O)c2ccccn2)n1C. The molecule has 5 heteroatoms. The van der Waals surface area contributed by atoms with Gasteiger partial charge in [0.05, 0.1) is 11.9 Å². The van der Waals surface area contributed by atoms with E-state index in [1.54, 1.807) is 30.6 Å². The molecule has 18 heavy (non-hydrogen) atoms. The van der Waals surface area contributed by atoms with Gasteiger partial charge in [-0.05, 0) is 31.2 Å². The summed E-state index contributed by atoms with van der Waals surface area (Å²) in [6.45, 7) is 2.00. The van der Waals surface area contributed by atoms with E-state index in [0.717, 1.165) is 11.4 Å². The highest BCUT2D eigenvalue weighted by Crippen LogP contribution is 2.02. The van der Waals surface area contributed by atoms with Crippen LogP contribution < -0.4 is 5.43 Å². The van der Waals surface area contributed by atoms with Crippen LogP contribution in [0.25, 0.3) is 0 Å². The van der Waals surface area contributed by atoms with E-state index in [4.69, 9.17) is 0 Å². The summed E-state index contributed by atoms with van der Waals surface area (Å²) in [5.74, 6) is -0.321. The van der Waals surface area contributed by atoms with Gasteiger partial charge in [-0.3, -0.25) is 9.78 Å². The Balaban J connectivity index is 2.00. The molecule has 0 fully saturated rings. The molecule has 1 N–H and O–H groups in total. The molecule has 5 nitrogen and oxygen atoms in total. The third kappa shape index (κ3) is 2.63. The van der Waals surface area contributed by atoms with E-state index in [2.05, 4.69) is 15.5 Å². The second kappa shape index (κ2) is 5.27. The lowest BCUT2D eigenvalue weighted by molar-refractivity contribution is 0.0950. The maximum Gasteiger partial charge on any atom is 0.289 e. The van der Waals surface area contributed by atoms with E-state index in [0.29, 0.717) is 5.69 Å². The Bertz CT molecular complexity index is 572. The first-order valence-electron chi connectivity index (χ1n) is 5.55. The summed E-state index contributed by atoms with van der Waals surface area (Å²) in [6.07, 6.45) is 3.17. The molecule has 92 valence electrons. The van der Waals surface area contributed by atoms with E-state index in [-0.39, 0.29) is 5.91 Å². The van der Waals surface area contributed by atoms with E-state index in [1.807, 2.05) is 30.7 Å². The van der Waals surface area contributed by atoms with Crippen molar-refractivity contribution in [1.29, 1.82) is 0 Å². The first-order valence-corrected chi connectivity index (χ1v) is 5.55. The highest BCUT2D eigenvalue weighted by molar-refractivity contribution is 5.92. The van der Waals surface area contributed by atoms with Crippen molar-refractivity contribution in [3.05, 3.63) is 53.6 Å². The molecule has 0 spiro atoms. The molecule has 0 aliphatic carbocycles. The molecule has 0 bridgehead atoms. The van der Waals surface area contributed by atoms with Crippen LogP contribution in [0.2, 0.25) is 0 Å². The Morgan fingerprint density at radius 3 is 2.83 bits per heavy atom. The van der Waals surface area contributed by atoms with Crippen molar-refractivity contribution < 1.29 is 4.79 Å². The normalized spacial score (nSPS) is 10.8. The molecule has 2 heterocycles. The summed E-state index contributed by atoms with van der Waals surface area (Å²) in [7, 11) is 1.94. The number of nitrogens with zero attached hydrogens (tertiary/aromatic N) is 3. The van der Waals surface area contributed by atoms with Crippen LogP contribution in [0.4, 0.5) is 0 Å². The summed E-state index contributed by atoms with van der Waals surface area (Å²) < 4.78 is 1.98. The molecule has 0 radical (unpaired) electrons. The third-order valence-corrected chi connectivity index (χ3v) is 2.67. The molecule has 2 aromatic heterocycles. The molecule has 0 aliphatic heterocycles. The third-order valence-electron chi connectivity index (χ3n) is 2.67. The molecule has 2 aromatic rings. The number of aryl methyl sites for hydroxylation is 1. The molecule has 0 saturated carbocycles. The predicted molar refractivity (Wildman–Crippen MR) is 69.4 cm³/mol. The number of amides is 1. The van der Waals surface area contributed by atoms with E-state index < -0.39 is 0 Å². The van der Waals surface area contributed by atoms with Gasteiger partial charge in [0.15, 0.2) is 0 Å². The minimum Gasteiger partial charge on any atom is -0.347 e. The predicted octanol–water partition coefficient (Wildman–Crippen LogP) is 1.49. The number of hydrazone groups is 1. The van der Waals surface area contributed by atoms with Crippen LogP contribution in [-0.4, -0.2) is 21.7 Å². The van der Waals surface area contributed by atoms with Gasteiger partial charge in [0, 0.05) is 18.9 Å². The first-order chi connectivity index (χ1) is 8.68. The van der Waals surface area contributed by atoms with Gasteiger partial charge in [-0.2, -0.15) is 5.10 Å². The van der Waals surface area contributed by atoms with Crippen LogP contribution in [0.5, 0.6) is 0 Å². The van der Waals surface area contributed by atoms with Gasteiger partial charge < -0.3 is 4.57 Å². The van der Waals surface area contributed by atoms with Gasteiger partial charge in [-0.25, -0.2) is 5.43 Å². The first kappa shape index (κ1) is 12.0. The Morgan fingerprint density at radius 2 is 2.22 bits per heavy atom. The summed E-state index contributed by atoms with van der Waals surface area (Å²) in [5, 5.41) is 3.91. The minimum atomic E-state index is -0.321. The van der Waals surface area contributed by atoms with Crippen LogP contribution in [0.15, 0.2) is 41.6 Å². The van der Waals surface area contributed by atoms with Crippen LogP contribution in [-0.2, 0) is 7.05 Å². The second-order valence-electron chi connectivity index (χ2n) is 3.87. The Kier molecular flexibility index (Phi) is 3.52. The monoisotopic (exact) mass is 242 g/mol. The van der Waals surface area contributed by atoms with Crippen molar-refractivity contribution in [2.75, 3.05) is 0 Å². The number of nitrogens with one attached hydrogen (secondary N) is 1. The van der Waals surface area contributed by atoms with Gasteiger partial charge in [0.1, 0.15) is 5.69 Å². The number of hydrogen-bond acceptors (Lipinski definition) is 3.